The third kappa shape index (κ3) is 4.77. The third-order valence-corrected chi connectivity index (χ3v) is 6.68. The number of primary amides is 1. The molecule has 1 aromatic heterocycles. The molecule has 38 heavy (non-hydrogen) atoms. The van der Waals surface area contributed by atoms with Crippen LogP contribution in [0.2, 0.25) is 0 Å². The molecule has 0 radical (unpaired) electrons. The minimum absolute atomic E-state index is 0.0841. The average molecular weight is 512 g/mol. The summed E-state index contributed by atoms with van der Waals surface area (Å²) < 4.78 is 6.73. The molecule has 4 N–H and O–H groups in total. The lowest BCUT2D eigenvalue weighted by atomic mass is 9.98. The number of carbonyl (C=O) groups is 2. The minimum Gasteiger partial charge on any atom is -0.497 e. The van der Waals surface area contributed by atoms with Crippen molar-refractivity contribution in [3.05, 3.63) is 95.3 Å². The van der Waals surface area contributed by atoms with Gasteiger partial charge in [0.1, 0.15) is 11.4 Å². The summed E-state index contributed by atoms with van der Waals surface area (Å²) in [5, 5.41) is 16.7. The van der Waals surface area contributed by atoms with E-state index < -0.39 is 5.91 Å². The van der Waals surface area contributed by atoms with Gasteiger partial charge < -0.3 is 25.8 Å². The first-order valence-electron chi connectivity index (χ1n) is 12.4. The molecule has 0 bridgehead atoms. The zero-order valence-electron chi connectivity index (χ0n) is 21.1. The number of carbonyl (C=O) groups excluding carboxylic acids is 2. The maximum atomic E-state index is 13.8. The first kappa shape index (κ1) is 25.2. The van der Waals surface area contributed by atoms with Crippen LogP contribution < -0.4 is 20.7 Å². The number of nitrogens with one attached hydrogen (secondary N) is 1. The van der Waals surface area contributed by atoms with Crippen LogP contribution in [0.5, 0.6) is 5.75 Å². The number of anilines is 1. The highest BCUT2D eigenvalue weighted by Gasteiger charge is 2.34. The molecule has 0 aliphatic carbocycles. The van der Waals surface area contributed by atoms with Gasteiger partial charge in [-0.3, -0.25) is 9.59 Å². The second-order valence-electron chi connectivity index (χ2n) is 8.96. The Morgan fingerprint density at radius 1 is 1.05 bits per heavy atom. The number of hydrogen-bond acceptors (Lipinski definition) is 6. The number of aliphatic hydroxyl groups is 1. The molecule has 5 rings (SSSR count). The van der Waals surface area contributed by atoms with Gasteiger partial charge in [-0.2, -0.15) is 5.10 Å². The van der Waals surface area contributed by atoms with Crippen LogP contribution in [-0.2, 0) is 13.0 Å². The van der Waals surface area contributed by atoms with Crippen LogP contribution >= 0.6 is 0 Å². The van der Waals surface area contributed by atoms with Gasteiger partial charge in [0, 0.05) is 30.9 Å². The van der Waals surface area contributed by atoms with E-state index in [-0.39, 0.29) is 18.2 Å². The van der Waals surface area contributed by atoms with Crippen LogP contribution in [0.3, 0.4) is 0 Å². The number of amides is 2. The van der Waals surface area contributed by atoms with Gasteiger partial charge >= 0.3 is 0 Å². The topological polar surface area (TPSA) is 123 Å². The molecule has 1 aliphatic heterocycles. The predicted octanol–water partition coefficient (Wildman–Crippen LogP) is 2.93. The summed E-state index contributed by atoms with van der Waals surface area (Å²) >= 11 is 0. The molecule has 4 aromatic rings. The number of nitrogens with zero attached hydrogens (tertiary/aromatic N) is 3. The summed E-state index contributed by atoms with van der Waals surface area (Å²) in [5.74, 6) is -0.238. The van der Waals surface area contributed by atoms with Gasteiger partial charge in [-0.05, 0) is 59.5 Å². The fourth-order valence-corrected chi connectivity index (χ4v) is 4.79. The van der Waals surface area contributed by atoms with Crippen LogP contribution in [0.4, 0.5) is 5.69 Å². The van der Waals surface area contributed by atoms with Crippen molar-refractivity contribution in [1.82, 2.24) is 15.1 Å². The van der Waals surface area contributed by atoms with Crippen molar-refractivity contribution >= 4 is 17.5 Å². The molecule has 1 aliphatic rings. The summed E-state index contributed by atoms with van der Waals surface area (Å²) in [5.41, 5.74) is 11.2. The van der Waals surface area contributed by atoms with Crippen molar-refractivity contribution in [2.45, 2.75) is 13.0 Å². The van der Waals surface area contributed by atoms with Crippen molar-refractivity contribution in [3.63, 3.8) is 0 Å². The number of nitrogens with two attached hydrogens (primary N) is 1. The van der Waals surface area contributed by atoms with Crippen LogP contribution in [0, 0.1) is 0 Å². The SMILES string of the molecule is COc1ccc(-n2nc(C(N)=O)c3c2C(=O)N(c2ccc(-c4ccccc4CNCCO)cc2)CC3)cc1. The second-order valence-corrected chi connectivity index (χ2v) is 8.96. The maximum Gasteiger partial charge on any atom is 0.277 e. The monoisotopic (exact) mass is 511 g/mol. The lowest BCUT2D eigenvalue weighted by molar-refractivity contribution is 0.0972. The second kappa shape index (κ2) is 10.9. The van der Waals surface area contributed by atoms with E-state index >= 15 is 0 Å². The minimum atomic E-state index is -0.661. The summed E-state index contributed by atoms with van der Waals surface area (Å²) in [6.45, 7) is 1.66. The summed E-state index contributed by atoms with van der Waals surface area (Å²) in [6, 6.07) is 23.1. The number of benzene rings is 3. The highest BCUT2D eigenvalue weighted by molar-refractivity contribution is 6.09. The molecule has 0 spiro atoms. The fraction of sp³-hybridized carbons (Fsp3) is 0.207. The summed E-state index contributed by atoms with van der Waals surface area (Å²) in [7, 11) is 1.58. The van der Waals surface area contributed by atoms with Gasteiger partial charge in [0.15, 0.2) is 5.69 Å². The molecule has 9 heteroatoms. The van der Waals surface area contributed by atoms with Crippen molar-refractivity contribution < 1.29 is 19.4 Å². The van der Waals surface area contributed by atoms with Crippen LogP contribution in [0.15, 0.2) is 72.8 Å². The molecule has 0 saturated carbocycles. The molecular formula is C29H29N5O4. The number of methoxy groups -OCH3 is 1. The van der Waals surface area contributed by atoms with Crippen molar-refractivity contribution in [1.29, 1.82) is 0 Å². The molecular weight excluding hydrogens is 482 g/mol. The molecule has 0 unspecified atom stereocenters. The zero-order chi connectivity index (χ0) is 26.6. The highest BCUT2D eigenvalue weighted by atomic mass is 16.5. The quantitative estimate of drug-likeness (QED) is 0.297. The molecule has 0 atom stereocenters. The van der Waals surface area contributed by atoms with Gasteiger partial charge in [-0.1, -0.05) is 36.4 Å². The Kier molecular flexibility index (Phi) is 7.21. The third-order valence-electron chi connectivity index (χ3n) is 6.68. The number of aliphatic hydroxyl groups excluding tert-OH is 1. The highest BCUT2D eigenvalue weighted by Crippen LogP contribution is 2.31. The molecule has 3 aromatic carbocycles. The van der Waals surface area contributed by atoms with Gasteiger partial charge in [0.05, 0.1) is 19.4 Å². The maximum absolute atomic E-state index is 13.8. The predicted molar refractivity (Wildman–Crippen MR) is 145 cm³/mol. The molecule has 9 nitrogen and oxygen atoms in total. The Balaban J connectivity index is 1.46. The molecule has 0 fully saturated rings. The van der Waals surface area contributed by atoms with Gasteiger partial charge in [-0.25, -0.2) is 4.68 Å². The number of fused-ring (bicyclic) bond motifs is 1. The first-order valence-corrected chi connectivity index (χ1v) is 12.4. The molecule has 2 amide bonds. The van der Waals surface area contributed by atoms with Crippen LogP contribution in [0.1, 0.15) is 32.1 Å². The lowest BCUT2D eigenvalue weighted by Gasteiger charge is -2.28. The lowest BCUT2D eigenvalue weighted by Crippen LogP contribution is -2.39. The van der Waals surface area contributed by atoms with E-state index in [4.69, 9.17) is 15.6 Å². The van der Waals surface area contributed by atoms with Crippen LogP contribution in [0.25, 0.3) is 16.8 Å². The normalized spacial score (nSPS) is 12.9. The van der Waals surface area contributed by atoms with Crippen molar-refractivity contribution in [2.75, 3.05) is 31.7 Å². The average Bonchev–Trinajstić information content (AvgIpc) is 3.35. The zero-order valence-corrected chi connectivity index (χ0v) is 21.1. The molecule has 0 saturated heterocycles. The summed E-state index contributed by atoms with van der Waals surface area (Å²) in [4.78, 5) is 27.6. The smallest absolute Gasteiger partial charge is 0.277 e. The van der Waals surface area contributed by atoms with E-state index in [1.54, 1.807) is 36.3 Å². The van der Waals surface area contributed by atoms with Crippen molar-refractivity contribution in [3.8, 4) is 22.6 Å². The fourth-order valence-electron chi connectivity index (χ4n) is 4.79. The largest absolute Gasteiger partial charge is 0.497 e. The van der Waals surface area contributed by atoms with E-state index in [0.717, 1.165) is 22.4 Å². The van der Waals surface area contributed by atoms with Gasteiger partial charge in [0.2, 0.25) is 0 Å². The van der Waals surface area contributed by atoms with E-state index in [1.165, 1.54) is 4.68 Å². The van der Waals surface area contributed by atoms with E-state index in [0.29, 0.717) is 48.7 Å². The van der Waals surface area contributed by atoms with E-state index in [1.807, 2.05) is 36.4 Å². The molecule has 194 valence electrons. The summed E-state index contributed by atoms with van der Waals surface area (Å²) in [6.07, 6.45) is 0.455. The number of aromatic nitrogens is 2. The number of ether oxygens (including phenoxy) is 1. The molecule has 2 heterocycles. The van der Waals surface area contributed by atoms with Crippen molar-refractivity contribution in [2.24, 2.45) is 5.73 Å². The number of hydrogen-bond donors (Lipinski definition) is 3. The Bertz CT molecular complexity index is 1460. The Hall–Kier alpha value is -4.47. The Morgan fingerprint density at radius 3 is 2.45 bits per heavy atom. The first-order chi connectivity index (χ1) is 18.5. The van der Waals surface area contributed by atoms with E-state index in [2.05, 4.69) is 22.5 Å². The van der Waals surface area contributed by atoms with Crippen LogP contribution in [-0.4, -0.2) is 53.5 Å². The Morgan fingerprint density at radius 2 is 1.76 bits per heavy atom. The van der Waals surface area contributed by atoms with Gasteiger partial charge in [0.25, 0.3) is 11.8 Å². The number of rotatable bonds is 9. The van der Waals surface area contributed by atoms with Gasteiger partial charge in [-0.15, -0.1) is 0 Å². The standard InChI is InChI=1S/C29H29N5O4/c1-38-23-12-10-22(11-13-23)34-27-25(26(32-34)28(30)36)14-16-33(29(27)37)21-8-6-19(7-9-21)24-5-3-2-4-20(24)18-31-15-17-35/h2-13,31,35H,14-18H2,1H3,(H2,30,36). The Labute approximate surface area is 220 Å². The van der Waals surface area contributed by atoms with E-state index in [9.17, 15) is 9.59 Å².